The summed E-state index contributed by atoms with van der Waals surface area (Å²) in [5.41, 5.74) is 2.51. The number of methoxy groups -OCH3 is 1. The Morgan fingerprint density at radius 1 is 1.22 bits per heavy atom. The molecule has 166 valence electrons. The predicted octanol–water partition coefficient (Wildman–Crippen LogP) is 2.74. The SMILES string of the molecule is COc1nc(NC2CCC(C(=O)N(C)C)CC2)nc2[nH]cc(-c3cnc4nccn4c3)c12. The molecule has 0 radical (unpaired) electrons. The highest BCUT2D eigenvalue weighted by Crippen LogP contribution is 2.34. The molecular formula is C22H26N8O2. The Labute approximate surface area is 185 Å². The van der Waals surface area contributed by atoms with E-state index in [9.17, 15) is 4.79 Å². The average Bonchev–Trinajstić information content (AvgIpc) is 3.45. The van der Waals surface area contributed by atoms with Crippen LogP contribution in [0.25, 0.3) is 27.9 Å². The standard InChI is InChI=1S/C22H26N8O2/c1-29(2)20(31)13-4-6-15(7-5-13)26-21-27-18-17(19(28-21)32-3)16(11-24-18)14-10-25-22-23-8-9-30(22)12-14/h8-13,15H,4-7H2,1-3H3,(H2,24,26,27,28). The van der Waals surface area contributed by atoms with E-state index in [4.69, 9.17) is 4.74 Å². The zero-order valence-electron chi connectivity index (χ0n) is 18.4. The number of fused-ring (bicyclic) bond motifs is 2. The summed E-state index contributed by atoms with van der Waals surface area (Å²) in [5.74, 6) is 1.98. The second kappa shape index (κ2) is 8.10. The lowest BCUT2D eigenvalue weighted by Crippen LogP contribution is -2.35. The van der Waals surface area contributed by atoms with E-state index in [1.807, 2.05) is 37.1 Å². The number of carbonyl (C=O) groups excluding carboxylic acids is 1. The molecule has 4 aromatic heterocycles. The summed E-state index contributed by atoms with van der Waals surface area (Å²) in [7, 11) is 5.24. The quantitative estimate of drug-likeness (QED) is 0.496. The highest BCUT2D eigenvalue weighted by Gasteiger charge is 2.28. The van der Waals surface area contributed by atoms with Crippen molar-refractivity contribution in [2.45, 2.75) is 31.7 Å². The Hall–Kier alpha value is -3.69. The van der Waals surface area contributed by atoms with Gasteiger partial charge in [-0.15, -0.1) is 0 Å². The molecular weight excluding hydrogens is 408 g/mol. The van der Waals surface area contributed by atoms with Gasteiger partial charge in [0.15, 0.2) is 0 Å². The molecule has 2 N–H and O–H groups in total. The van der Waals surface area contributed by atoms with Crippen molar-refractivity contribution in [2.24, 2.45) is 5.92 Å². The summed E-state index contributed by atoms with van der Waals surface area (Å²) < 4.78 is 7.49. The number of anilines is 1. The van der Waals surface area contributed by atoms with E-state index >= 15 is 0 Å². The molecule has 4 heterocycles. The van der Waals surface area contributed by atoms with E-state index < -0.39 is 0 Å². The number of aromatic nitrogens is 6. The molecule has 1 amide bonds. The molecule has 5 rings (SSSR count). The molecule has 0 saturated heterocycles. The summed E-state index contributed by atoms with van der Waals surface area (Å²) in [6.07, 6.45) is 12.8. The van der Waals surface area contributed by atoms with Gasteiger partial charge < -0.3 is 19.9 Å². The number of carbonyl (C=O) groups is 1. The highest BCUT2D eigenvalue weighted by atomic mass is 16.5. The van der Waals surface area contributed by atoms with Gasteiger partial charge in [0, 0.05) is 68.2 Å². The van der Waals surface area contributed by atoms with Crippen LogP contribution < -0.4 is 10.1 Å². The van der Waals surface area contributed by atoms with Crippen molar-refractivity contribution in [2.75, 3.05) is 26.5 Å². The third kappa shape index (κ3) is 3.61. The van der Waals surface area contributed by atoms with E-state index in [2.05, 4.69) is 30.2 Å². The lowest BCUT2D eigenvalue weighted by Gasteiger charge is -2.29. The van der Waals surface area contributed by atoms with Gasteiger partial charge in [-0.3, -0.25) is 9.20 Å². The van der Waals surface area contributed by atoms with Crippen molar-refractivity contribution in [3.05, 3.63) is 31.0 Å². The minimum atomic E-state index is 0.105. The molecule has 10 nitrogen and oxygen atoms in total. The third-order valence-corrected chi connectivity index (χ3v) is 6.10. The molecule has 0 aromatic carbocycles. The summed E-state index contributed by atoms with van der Waals surface area (Å²) >= 11 is 0. The fourth-order valence-electron chi connectivity index (χ4n) is 4.43. The molecule has 1 saturated carbocycles. The van der Waals surface area contributed by atoms with E-state index in [-0.39, 0.29) is 17.9 Å². The molecule has 0 unspecified atom stereocenters. The number of rotatable bonds is 5. The maximum absolute atomic E-state index is 12.2. The summed E-state index contributed by atoms with van der Waals surface area (Å²) in [6, 6.07) is 0.227. The summed E-state index contributed by atoms with van der Waals surface area (Å²) in [6.45, 7) is 0. The first-order chi connectivity index (χ1) is 15.5. The predicted molar refractivity (Wildman–Crippen MR) is 120 cm³/mol. The second-order valence-electron chi connectivity index (χ2n) is 8.39. The molecule has 1 aliphatic rings. The smallest absolute Gasteiger partial charge is 0.233 e. The van der Waals surface area contributed by atoms with Gasteiger partial charge in [0.2, 0.25) is 23.5 Å². The van der Waals surface area contributed by atoms with Crippen molar-refractivity contribution in [3.8, 4) is 17.0 Å². The Bertz CT molecular complexity index is 1270. The topological polar surface area (TPSA) is 113 Å². The molecule has 0 aliphatic heterocycles. The van der Waals surface area contributed by atoms with Crippen molar-refractivity contribution in [1.82, 2.24) is 34.2 Å². The second-order valence-corrected chi connectivity index (χ2v) is 8.39. The number of nitrogens with one attached hydrogen (secondary N) is 2. The number of imidazole rings is 1. The van der Waals surface area contributed by atoms with E-state index in [0.29, 0.717) is 23.3 Å². The first-order valence-electron chi connectivity index (χ1n) is 10.7. The first-order valence-corrected chi connectivity index (χ1v) is 10.7. The average molecular weight is 435 g/mol. The summed E-state index contributed by atoms with van der Waals surface area (Å²) in [4.78, 5) is 35.1. The van der Waals surface area contributed by atoms with Crippen molar-refractivity contribution in [1.29, 1.82) is 0 Å². The number of hydrogen-bond donors (Lipinski definition) is 2. The van der Waals surface area contributed by atoms with Crippen LogP contribution in [0.2, 0.25) is 0 Å². The zero-order valence-corrected chi connectivity index (χ0v) is 18.4. The van der Waals surface area contributed by atoms with Gasteiger partial charge in [-0.25, -0.2) is 9.97 Å². The van der Waals surface area contributed by atoms with E-state index in [1.54, 1.807) is 24.4 Å². The van der Waals surface area contributed by atoms with Crippen LogP contribution in [-0.4, -0.2) is 67.4 Å². The van der Waals surface area contributed by atoms with Gasteiger partial charge in [0.1, 0.15) is 5.65 Å². The van der Waals surface area contributed by atoms with Crippen LogP contribution in [0, 0.1) is 5.92 Å². The molecule has 32 heavy (non-hydrogen) atoms. The van der Waals surface area contributed by atoms with Gasteiger partial charge in [0.05, 0.1) is 12.5 Å². The van der Waals surface area contributed by atoms with Gasteiger partial charge in [-0.1, -0.05) is 0 Å². The number of amides is 1. The van der Waals surface area contributed by atoms with Crippen molar-refractivity contribution >= 4 is 28.7 Å². The van der Waals surface area contributed by atoms with Crippen LogP contribution in [0.5, 0.6) is 5.88 Å². The maximum Gasteiger partial charge on any atom is 0.233 e. The van der Waals surface area contributed by atoms with Crippen LogP contribution in [0.3, 0.4) is 0 Å². The number of H-pyrrole nitrogens is 1. The molecule has 4 aromatic rings. The molecule has 0 atom stereocenters. The third-order valence-electron chi connectivity index (χ3n) is 6.10. The Kier molecular flexibility index (Phi) is 5.12. The Morgan fingerprint density at radius 2 is 2.03 bits per heavy atom. The van der Waals surface area contributed by atoms with E-state index in [1.165, 1.54) is 0 Å². The molecule has 10 heteroatoms. The lowest BCUT2D eigenvalue weighted by molar-refractivity contribution is -0.133. The number of aromatic amines is 1. The lowest BCUT2D eigenvalue weighted by atomic mass is 9.85. The van der Waals surface area contributed by atoms with Crippen molar-refractivity contribution in [3.63, 3.8) is 0 Å². The fourth-order valence-corrected chi connectivity index (χ4v) is 4.43. The monoisotopic (exact) mass is 434 g/mol. The Morgan fingerprint density at radius 3 is 2.78 bits per heavy atom. The normalized spacial score (nSPS) is 18.7. The van der Waals surface area contributed by atoms with Crippen LogP contribution in [0.4, 0.5) is 5.95 Å². The number of nitrogens with zero attached hydrogens (tertiary/aromatic N) is 6. The fraction of sp³-hybridized carbons (Fsp3) is 0.409. The van der Waals surface area contributed by atoms with Gasteiger partial charge in [0.25, 0.3) is 0 Å². The zero-order chi connectivity index (χ0) is 22.2. The Balaban J connectivity index is 1.39. The van der Waals surface area contributed by atoms with Crippen LogP contribution in [-0.2, 0) is 4.79 Å². The van der Waals surface area contributed by atoms with Crippen molar-refractivity contribution < 1.29 is 9.53 Å². The number of hydrogen-bond acceptors (Lipinski definition) is 7. The minimum Gasteiger partial charge on any atom is -0.480 e. The molecule has 0 bridgehead atoms. The van der Waals surface area contributed by atoms with Crippen LogP contribution in [0.15, 0.2) is 31.0 Å². The van der Waals surface area contributed by atoms with Crippen LogP contribution in [0.1, 0.15) is 25.7 Å². The molecule has 1 fully saturated rings. The van der Waals surface area contributed by atoms with Gasteiger partial charge >= 0.3 is 0 Å². The van der Waals surface area contributed by atoms with E-state index in [0.717, 1.165) is 42.2 Å². The first kappa shape index (κ1) is 20.2. The minimum absolute atomic E-state index is 0.105. The molecule has 1 aliphatic carbocycles. The highest BCUT2D eigenvalue weighted by molar-refractivity contribution is 5.97. The number of ether oxygens (including phenoxy) is 1. The van der Waals surface area contributed by atoms with Gasteiger partial charge in [-0.05, 0) is 25.7 Å². The van der Waals surface area contributed by atoms with Crippen LogP contribution >= 0.6 is 0 Å². The molecule has 0 spiro atoms. The maximum atomic E-state index is 12.2. The largest absolute Gasteiger partial charge is 0.480 e. The summed E-state index contributed by atoms with van der Waals surface area (Å²) in [5, 5.41) is 4.24. The van der Waals surface area contributed by atoms with Gasteiger partial charge in [-0.2, -0.15) is 9.97 Å².